The monoisotopic (exact) mass is 156 g/mol. The summed E-state index contributed by atoms with van der Waals surface area (Å²) in [5, 5.41) is 5.50. The van der Waals surface area contributed by atoms with Crippen LogP contribution in [0.5, 0.6) is 0 Å². The van der Waals surface area contributed by atoms with Gasteiger partial charge in [0.15, 0.2) is 0 Å². The second-order valence-corrected chi connectivity index (χ2v) is 0.842. The van der Waals surface area contributed by atoms with Crippen molar-refractivity contribution >= 4 is 0 Å². The van der Waals surface area contributed by atoms with E-state index in [2.05, 4.69) is 0 Å². The van der Waals surface area contributed by atoms with Crippen molar-refractivity contribution in [3.63, 3.8) is 0 Å². The van der Waals surface area contributed by atoms with Gasteiger partial charge in [-0.3, -0.25) is 0 Å². The molecule has 0 rings (SSSR count). The van der Waals surface area contributed by atoms with E-state index in [0.29, 0.717) is 0 Å². The summed E-state index contributed by atoms with van der Waals surface area (Å²) in [4.78, 5) is 0. The molecule has 0 aliphatic carbocycles. The molecular weight excluding hydrogens is 154 g/mol. The number of halogens is 6. The zero-order chi connectivity index (χ0) is 8.08. The van der Waals surface area contributed by atoms with E-state index in [1.165, 1.54) is 0 Å². The Morgan fingerprint density at radius 2 is 1.11 bits per heavy atom. The van der Waals surface area contributed by atoms with Crippen molar-refractivity contribution in [2.45, 2.75) is 12.6 Å². The maximum absolute atomic E-state index is 10.4. The number of rotatable bonds is 0. The molecule has 0 bridgehead atoms. The minimum absolute atomic E-state index is 4.20. The quantitative estimate of drug-likeness (QED) is 0.529. The third-order valence-electron chi connectivity index (χ3n) is 0.247. The summed E-state index contributed by atoms with van der Waals surface area (Å²) >= 11 is 0. The molecule has 0 radical (unpaired) electrons. The summed E-state index contributed by atoms with van der Waals surface area (Å²) in [6.07, 6.45) is -9.53. The number of hydrogen-bond donors (Lipinski definition) is 1. The number of alkyl halides is 5. The average molecular weight is 156 g/mol. The number of hydrogen-bond acceptors (Lipinski definition) is 1. The van der Waals surface area contributed by atoms with E-state index in [4.69, 9.17) is 9.84 Å². The predicted octanol–water partition coefficient (Wildman–Crippen LogP) is 1.68. The molecule has 0 saturated heterocycles. The molecule has 0 spiro atoms. The molecular formula is C2H2F6O. The van der Waals surface area contributed by atoms with Gasteiger partial charge in [0.1, 0.15) is 0 Å². The summed E-state index contributed by atoms with van der Waals surface area (Å²) < 4.78 is 60.6. The lowest BCUT2D eigenvalue weighted by Gasteiger charge is -2.00. The Hall–Kier alpha value is -0.460. The van der Waals surface area contributed by atoms with Crippen molar-refractivity contribution < 1.29 is 31.8 Å². The molecule has 0 aromatic rings. The van der Waals surface area contributed by atoms with Crippen LogP contribution in [0, 0.1) is 0 Å². The van der Waals surface area contributed by atoms with E-state index < -0.39 is 12.6 Å². The van der Waals surface area contributed by atoms with Crippen LogP contribution in [0.1, 0.15) is 0 Å². The minimum Gasteiger partial charge on any atom is -0.209 e. The van der Waals surface area contributed by atoms with Gasteiger partial charge in [-0.05, 0) is 0 Å². The van der Waals surface area contributed by atoms with Crippen molar-refractivity contribution in [3.05, 3.63) is 0 Å². The van der Waals surface area contributed by atoms with Crippen molar-refractivity contribution in [2.24, 2.45) is 0 Å². The van der Waals surface area contributed by atoms with Crippen LogP contribution in [0.4, 0.5) is 26.5 Å². The summed E-state index contributed by atoms with van der Waals surface area (Å²) in [7, 11) is 0. The third kappa shape index (κ3) is 7.54. The SMILES string of the molecule is FC(F)C(F)(F)F.OF. The summed E-state index contributed by atoms with van der Waals surface area (Å²) in [6, 6.07) is 0. The van der Waals surface area contributed by atoms with Crippen molar-refractivity contribution in [3.8, 4) is 0 Å². The van der Waals surface area contributed by atoms with Gasteiger partial charge in [-0.25, -0.2) is 14.1 Å². The van der Waals surface area contributed by atoms with E-state index in [0.717, 1.165) is 0 Å². The topological polar surface area (TPSA) is 20.2 Å². The second kappa shape index (κ2) is 4.42. The molecule has 0 fully saturated rings. The minimum atomic E-state index is -5.33. The van der Waals surface area contributed by atoms with Crippen LogP contribution < -0.4 is 0 Å². The Morgan fingerprint density at radius 1 is 1.00 bits per heavy atom. The van der Waals surface area contributed by atoms with Crippen molar-refractivity contribution in [1.29, 1.82) is 0 Å². The van der Waals surface area contributed by atoms with E-state index in [1.54, 1.807) is 0 Å². The van der Waals surface area contributed by atoms with Crippen LogP contribution >= 0.6 is 0 Å². The molecule has 0 saturated carbocycles. The van der Waals surface area contributed by atoms with Crippen LogP contribution in [-0.4, -0.2) is 17.9 Å². The lowest BCUT2D eigenvalue weighted by molar-refractivity contribution is -0.219. The van der Waals surface area contributed by atoms with E-state index in [9.17, 15) is 22.0 Å². The van der Waals surface area contributed by atoms with Crippen LogP contribution in [0.3, 0.4) is 0 Å². The highest BCUT2D eigenvalue weighted by Crippen LogP contribution is 2.22. The molecule has 1 N–H and O–H groups in total. The third-order valence-corrected chi connectivity index (χ3v) is 0.247. The maximum atomic E-state index is 10.4. The lowest BCUT2D eigenvalue weighted by Crippen LogP contribution is -2.18. The van der Waals surface area contributed by atoms with E-state index in [-0.39, 0.29) is 0 Å². The molecule has 0 amide bonds. The molecule has 0 aliphatic heterocycles. The Morgan fingerprint density at radius 3 is 1.11 bits per heavy atom. The standard InChI is InChI=1S/C2HF5.FHO/c3-1(4)2(5,6)7;1-2/h1H;2H. The highest BCUT2D eigenvalue weighted by Gasteiger charge is 2.40. The first-order chi connectivity index (χ1) is 3.94. The Bertz CT molecular complexity index is 56.6. The summed E-state index contributed by atoms with van der Waals surface area (Å²) in [5.74, 6) is 0. The van der Waals surface area contributed by atoms with Gasteiger partial charge < -0.3 is 0 Å². The van der Waals surface area contributed by atoms with Gasteiger partial charge in [0.25, 0.3) is 0 Å². The molecule has 0 heterocycles. The second-order valence-electron chi connectivity index (χ2n) is 0.842. The van der Waals surface area contributed by atoms with Gasteiger partial charge in [0, 0.05) is 0 Å². The van der Waals surface area contributed by atoms with Gasteiger partial charge in [0.05, 0.1) is 0 Å². The van der Waals surface area contributed by atoms with Gasteiger partial charge in [-0.15, -0.1) is 0 Å². The van der Waals surface area contributed by atoms with Gasteiger partial charge in [0.2, 0.25) is 0 Å². The fourth-order valence-corrected chi connectivity index (χ4v) is 0. The fraction of sp³-hybridized carbons (Fsp3) is 1.00. The molecule has 0 atom stereocenters. The molecule has 0 aliphatic rings. The first-order valence-electron chi connectivity index (χ1n) is 1.46. The van der Waals surface area contributed by atoms with Gasteiger partial charge >= 0.3 is 12.6 Å². The molecule has 58 valence electrons. The van der Waals surface area contributed by atoms with Crippen LogP contribution in [0.25, 0.3) is 0 Å². The Kier molecular flexibility index (Phi) is 5.58. The molecule has 0 aromatic heterocycles. The van der Waals surface area contributed by atoms with Crippen LogP contribution in [0.15, 0.2) is 0 Å². The normalized spacial score (nSPS) is 10.7. The fourth-order valence-electron chi connectivity index (χ4n) is 0. The highest BCUT2D eigenvalue weighted by atomic mass is 19.4. The van der Waals surface area contributed by atoms with Crippen LogP contribution in [0.2, 0.25) is 0 Å². The highest BCUT2D eigenvalue weighted by molar-refractivity contribution is 4.48. The predicted molar refractivity (Wildman–Crippen MR) is 15.4 cm³/mol. The largest absolute Gasteiger partial charge is 0.450 e. The molecule has 0 aromatic carbocycles. The molecule has 9 heavy (non-hydrogen) atoms. The molecule has 0 unspecified atom stereocenters. The van der Waals surface area contributed by atoms with Gasteiger partial charge in [-0.2, -0.15) is 13.2 Å². The maximum Gasteiger partial charge on any atom is 0.450 e. The first-order valence-corrected chi connectivity index (χ1v) is 1.46. The smallest absolute Gasteiger partial charge is 0.209 e. The van der Waals surface area contributed by atoms with Gasteiger partial charge in [-0.1, -0.05) is 4.53 Å². The first kappa shape index (κ1) is 11.4. The van der Waals surface area contributed by atoms with E-state index >= 15 is 0 Å². The van der Waals surface area contributed by atoms with Crippen molar-refractivity contribution in [2.75, 3.05) is 0 Å². The molecule has 7 heteroatoms. The summed E-state index contributed by atoms with van der Waals surface area (Å²) in [6.45, 7) is 0. The Balaban J connectivity index is 0. The average Bonchev–Trinajstić information content (AvgIpc) is 1.69. The Labute approximate surface area is 45.8 Å². The lowest BCUT2D eigenvalue weighted by atomic mass is 10.7. The van der Waals surface area contributed by atoms with Crippen LogP contribution in [-0.2, 0) is 0 Å². The molecule has 1 nitrogen and oxygen atoms in total. The van der Waals surface area contributed by atoms with E-state index in [1.807, 2.05) is 0 Å². The van der Waals surface area contributed by atoms with Crippen molar-refractivity contribution in [1.82, 2.24) is 0 Å². The summed E-state index contributed by atoms with van der Waals surface area (Å²) in [5.41, 5.74) is 0. The zero-order valence-electron chi connectivity index (χ0n) is 3.79. The zero-order valence-corrected chi connectivity index (χ0v) is 3.79.